The zero-order valence-electron chi connectivity index (χ0n) is 17.9. The maximum Gasteiger partial charge on any atom is 0.226 e. The van der Waals surface area contributed by atoms with E-state index < -0.39 is 5.60 Å². The minimum absolute atomic E-state index is 0.131. The van der Waals surface area contributed by atoms with Gasteiger partial charge in [0.25, 0.3) is 0 Å². The second-order valence-corrected chi connectivity index (χ2v) is 9.76. The summed E-state index contributed by atoms with van der Waals surface area (Å²) in [5, 5.41) is 19.6. The Labute approximate surface area is 179 Å². The summed E-state index contributed by atoms with van der Waals surface area (Å²) in [5.41, 5.74) is 1.95. The molecule has 6 nitrogen and oxygen atoms in total. The molecule has 0 aliphatic carbocycles. The smallest absolute Gasteiger partial charge is 0.226 e. The van der Waals surface area contributed by atoms with Crippen molar-refractivity contribution in [1.29, 1.82) is 0 Å². The van der Waals surface area contributed by atoms with Crippen LogP contribution in [0.15, 0.2) is 35.8 Å². The Balaban J connectivity index is 1.91. The number of carbonyl (C=O) groups excluding carboxylic acids is 1. The molecule has 3 aromatic rings. The highest BCUT2D eigenvalue weighted by Gasteiger charge is 2.24. The van der Waals surface area contributed by atoms with Crippen LogP contribution in [0.3, 0.4) is 0 Å². The molecule has 0 saturated carbocycles. The first-order chi connectivity index (χ1) is 13.9. The zero-order valence-corrected chi connectivity index (χ0v) is 18.7. The second-order valence-electron chi connectivity index (χ2n) is 8.91. The van der Waals surface area contributed by atoms with Crippen LogP contribution >= 0.6 is 11.3 Å². The van der Waals surface area contributed by atoms with Crippen LogP contribution in [0.25, 0.3) is 21.8 Å². The number of halogens is 1. The van der Waals surface area contributed by atoms with Crippen molar-refractivity contribution in [3.63, 3.8) is 0 Å². The Morgan fingerprint density at radius 2 is 1.87 bits per heavy atom. The molecule has 2 aromatic heterocycles. The summed E-state index contributed by atoms with van der Waals surface area (Å²) in [4.78, 5) is 16.8. The van der Waals surface area contributed by atoms with Crippen LogP contribution in [0.5, 0.6) is 0 Å². The molecule has 30 heavy (non-hydrogen) atoms. The Hall–Kier alpha value is -2.58. The lowest BCUT2D eigenvalue weighted by Gasteiger charge is -2.23. The first kappa shape index (κ1) is 22.1. The molecule has 0 spiro atoms. The number of aliphatic hydroxyl groups is 1. The minimum Gasteiger partial charge on any atom is -0.389 e. The quantitative estimate of drug-likeness (QED) is 0.620. The van der Waals surface area contributed by atoms with Crippen molar-refractivity contribution in [2.45, 2.75) is 52.2 Å². The van der Waals surface area contributed by atoms with Crippen molar-refractivity contribution in [2.75, 3.05) is 6.54 Å². The molecule has 1 amide bonds. The van der Waals surface area contributed by atoms with Crippen molar-refractivity contribution in [3.05, 3.63) is 47.4 Å². The van der Waals surface area contributed by atoms with Gasteiger partial charge in [-0.1, -0.05) is 0 Å². The number of rotatable bonds is 6. The van der Waals surface area contributed by atoms with Crippen LogP contribution in [0.4, 0.5) is 4.39 Å². The van der Waals surface area contributed by atoms with Crippen molar-refractivity contribution in [1.82, 2.24) is 20.1 Å². The molecule has 0 radical (unpaired) electrons. The summed E-state index contributed by atoms with van der Waals surface area (Å²) >= 11 is 1.44. The molecule has 3 rings (SSSR count). The lowest BCUT2D eigenvalue weighted by Crippen LogP contribution is -2.38. The average molecular weight is 431 g/mol. The van der Waals surface area contributed by atoms with Gasteiger partial charge in [-0.2, -0.15) is 5.10 Å². The van der Waals surface area contributed by atoms with Crippen LogP contribution in [-0.2, 0) is 16.8 Å². The van der Waals surface area contributed by atoms with E-state index in [4.69, 9.17) is 0 Å². The molecule has 0 saturated heterocycles. The minimum atomic E-state index is -0.964. The summed E-state index contributed by atoms with van der Waals surface area (Å²) in [6, 6.07) is 6.33. The number of nitrogens with one attached hydrogen (secondary N) is 1. The van der Waals surface area contributed by atoms with Gasteiger partial charge in [0.05, 0.1) is 40.7 Å². The monoisotopic (exact) mass is 430 g/mol. The van der Waals surface area contributed by atoms with Gasteiger partial charge in [0, 0.05) is 17.5 Å². The molecule has 8 heteroatoms. The van der Waals surface area contributed by atoms with Gasteiger partial charge in [-0.05, 0) is 58.9 Å². The highest BCUT2D eigenvalue weighted by Crippen LogP contribution is 2.36. The zero-order chi connectivity index (χ0) is 22.1. The summed E-state index contributed by atoms with van der Waals surface area (Å²) < 4.78 is 15.4. The van der Waals surface area contributed by atoms with Gasteiger partial charge in [-0.25, -0.2) is 9.37 Å². The fourth-order valence-electron chi connectivity index (χ4n) is 2.95. The number of benzene rings is 1. The number of amides is 1. The molecule has 0 unspecified atom stereocenters. The highest BCUT2D eigenvalue weighted by atomic mass is 32.1. The van der Waals surface area contributed by atoms with E-state index in [9.17, 15) is 14.3 Å². The molecule has 2 heterocycles. The molecule has 0 aliphatic heterocycles. The maximum atomic E-state index is 13.5. The summed E-state index contributed by atoms with van der Waals surface area (Å²) in [6.07, 6.45) is 1.90. The van der Waals surface area contributed by atoms with Crippen LogP contribution in [-0.4, -0.2) is 37.9 Å². The summed E-state index contributed by atoms with van der Waals surface area (Å²) in [5.74, 6) is -0.492. The number of carbonyl (C=O) groups is 1. The van der Waals surface area contributed by atoms with E-state index in [1.807, 2.05) is 10.1 Å². The van der Waals surface area contributed by atoms with Gasteiger partial charge >= 0.3 is 0 Å². The van der Waals surface area contributed by atoms with E-state index in [0.29, 0.717) is 5.69 Å². The third-order valence-corrected chi connectivity index (χ3v) is 5.29. The fraction of sp³-hybridized carbons (Fsp3) is 0.409. The Morgan fingerprint density at radius 1 is 1.20 bits per heavy atom. The van der Waals surface area contributed by atoms with Crippen molar-refractivity contribution >= 4 is 17.2 Å². The van der Waals surface area contributed by atoms with E-state index in [2.05, 4.69) is 36.2 Å². The molecule has 160 valence electrons. The topological polar surface area (TPSA) is 80.0 Å². The second kappa shape index (κ2) is 8.28. The Bertz CT molecular complexity index is 1030. The lowest BCUT2D eigenvalue weighted by atomic mass is 10.0. The Kier molecular flexibility index (Phi) is 6.10. The van der Waals surface area contributed by atoms with Crippen LogP contribution in [0.1, 0.15) is 40.3 Å². The predicted molar refractivity (Wildman–Crippen MR) is 117 cm³/mol. The summed E-state index contributed by atoms with van der Waals surface area (Å²) in [7, 11) is 0. The SMILES string of the molecule is CC(C)(O)CNC(=O)Cc1csc(-c2cnn(C(C)(C)C)c2-c2ccc(F)cc2)n1. The average Bonchev–Trinajstić information content (AvgIpc) is 3.26. The van der Waals surface area contributed by atoms with E-state index in [1.165, 1.54) is 23.5 Å². The van der Waals surface area contributed by atoms with Crippen molar-refractivity contribution in [2.24, 2.45) is 0 Å². The van der Waals surface area contributed by atoms with E-state index >= 15 is 0 Å². The number of thiazole rings is 1. The van der Waals surface area contributed by atoms with E-state index in [-0.39, 0.29) is 30.2 Å². The molecule has 2 N–H and O–H groups in total. The molecule has 0 bridgehead atoms. The van der Waals surface area contributed by atoms with Crippen LogP contribution < -0.4 is 5.32 Å². The normalized spacial score (nSPS) is 12.2. The number of hydrogen-bond donors (Lipinski definition) is 2. The molecule has 0 aliphatic rings. The lowest BCUT2D eigenvalue weighted by molar-refractivity contribution is -0.121. The van der Waals surface area contributed by atoms with Gasteiger partial charge in [0.1, 0.15) is 10.8 Å². The van der Waals surface area contributed by atoms with Gasteiger partial charge in [-0.15, -0.1) is 11.3 Å². The number of nitrogens with zero attached hydrogens (tertiary/aromatic N) is 3. The maximum absolute atomic E-state index is 13.5. The largest absolute Gasteiger partial charge is 0.389 e. The third-order valence-electron chi connectivity index (χ3n) is 4.36. The summed E-state index contributed by atoms with van der Waals surface area (Å²) in [6.45, 7) is 9.61. The van der Waals surface area contributed by atoms with Gasteiger partial charge in [0.15, 0.2) is 0 Å². The first-order valence-electron chi connectivity index (χ1n) is 9.72. The molecule has 0 fully saturated rings. The first-order valence-corrected chi connectivity index (χ1v) is 10.6. The third kappa shape index (κ3) is 5.31. The molecular formula is C22H27FN4O2S. The molecular weight excluding hydrogens is 403 g/mol. The number of aromatic nitrogens is 3. The van der Waals surface area contributed by atoms with Crippen molar-refractivity contribution in [3.8, 4) is 21.8 Å². The van der Waals surface area contributed by atoms with E-state index in [0.717, 1.165) is 21.8 Å². The van der Waals surface area contributed by atoms with Gasteiger partial charge in [-0.3, -0.25) is 9.48 Å². The molecule has 0 atom stereocenters. The van der Waals surface area contributed by atoms with Gasteiger partial charge in [0.2, 0.25) is 5.91 Å². The fourth-order valence-corrected chi connectivity index (χ4v) is 3.78. The van der Waals surface area contributed by atoms with E-state index in [1.54, 1.807) is 32.2 Å². The predicted octanol–water partition coefficient (Wildman–Crippen LogP) is 4.00. The van der Waals surface area contributed by atoms with Crippen LogP contribution in [0.2, 0.25) is 0 Å². The standard InChI is InChI=1S/C22H27FN4O2S/c1-21(2,3)27-19(14-6-8-15(23)9-7-14)17(11-25-27)20-26-16(12-30-20)10-18(28)24-13-22(4,5)29/h6-9,11-12,29H,10,13H2,1-5H3,(H,24,28). The van der Waals surface area contributed by atoms with Gasteiger partial charge < -0.3 is 10.4 Å². The Morgan fingerprint density at radius 3 is 2.47 bits per heavy atom. The van der Waals surface area contributed by atoms with Crippen molar-refractivity contribution < 1.29 is 14.3 Å². The molecule has 1 aromatic carbocycles. The van der Waals surface area contributed by atoms with Crippen LogP contribution in [0, 0.1) is 5.82 Å². The number of hydrogen-bond acceptors (Lipinski definition) is 5. The highest BCUT2D eigenvalue weighted by molar-refractivity contribution is 7.13.